The van der Waals surface area contributed by atoms with Gasteiger partial charge in [0, 0.05) is 17.6 Å². The topological polar surface area (TPSA) is 57.0 Å². The largest absolute Gasteiger partial charge is 0.486 e. The maximum atomic E-state index is 12.9. The Balaban J connectivity index is 1.40. The Morgan fingerprint density at radius 3 is 2.72 bits per heavy atom. The molecule has 0 aliphatic heterocycles. The molecule has 0 fully saturated rings. The van der Waals surface area contributed by atoms with Gasteiger partial charge in [-0.1, -0.05) is 35.5 Å². The highest BCUT2D eigenvalue weighted by atomic mass is 35.5. The Labute approximate surface area is 179 Å². The van der Waals surface area contributed by atoms with E-state index in [0.29, 0.717) is 28.4 Å². The van der Waals surface area contributed by atoms with Gasteiger partial charge in [-0.3, -0.25) is 4.79 Å². The first kappa shape index (κ1) is 20.0. The van der Waals surface area contributed by atoms with Crippen molar-refractivity contribution in [1.82, 2.24) is 14.8 Å². The van der Waals surface area contributed by atoms with E-state index in [9.17, 15) is 4.79 Å². The number of ether oxygens (including phenoxy) is 1. The summed E-state index contributed by atoms with van der Waals surface area (Å²) in [4.78, 5) is 12.9. The van der Waals surface area contributed by atoms with Gasteiger partial charge in [-0.2, -0.15) is 0 Å². The van der Waals surface area contributed by atoms with E-state index in [-0.39, 0.29) is 11.0 Å². The lowest BCUT2D eigenvalue weighted by atomic mass is 10.0. The molecule has 0 spiro atoms. The van der Waals surface area contributed by atoms with Crippen LogP contribution in [0.2, 0.25) is 5.02 Å². The van der Waals surface area contributed by atoms with Crippen LogP contribution in [0.4, 0.5) is 0 Å². The van der Waals surface area contributed by atoms with Gasteiger partial charge in [0.1, 0.15) is 12.4 Å². The number of Topliss-reactive ketones (excluding diaryl/α,β-unsaturated/α-hetero) is 1. The summed E-state index contributed by atoms with van der Waals surface area (Å²) in [5.74, 6) is 1.53. The predicted molar refractivity (Wildman–Crippen MR) is 115 cm³/mol. The minimum Gasteiger partial charge on any atom is -0.486 e. The standard InChI is InChI=1S/C22H22ClN3O2S/c1-14(21(27)17-7-6-15-4-3-5-16(15)12-17)29-22-25-24-20(26(22)2)13-28-19-10-8-18(23)9-11-19/h6-12,14H,3-5,13H2,1-2H3. The van der Waals surface area contributed by atoms with Crippen molar-refractivity contribution in [3.8, 4) is 5.75 Å². The maximum Gasteiger partial charge on any atom is 0.191 e. The lowest BCUT2D eigenvalue weighted by Gasteiger charge is -2.11. The zero-order valence-corrected chi connectivity index (χ0v) is 18.0. The van der Waals surface area contributed by atoms with E-state index < -0.39 is 0 Å². The van der Waals surface area contributed by atoms with Gasteiger partial charge in [-0.05, 0) is 67.6 Å². The fraction of sp³-hybridized carbons (Fsp3) is 0.318. The molecule has 4 rings (SSSR count). The summed E-state index contributed by atoms with van der Waals surface area (Å²) in [5, 5.41) is 9.56. The van der Waals surface area contributed by atoms with Crippen LogP contribution in [0.3, 0.4) is 0 Å². The molecule has 0 radical (unpaired) electrons. The van der Waals surface area contributed by atoms with E-state index in [0.717, 1.165) is 18.4 Å². The van der Waals surface area contributed by atoms with Gasteiger partial charge in [-0.15, -0.1) is 10.2 Å². The zero-order valence-electron chi connectivity index (χ0n) is 16.4. The second kappa shape index (κ2) is 8.59. The number of rotatable bonds is 7. The minimum absolute atomic E-state index is 0.117. The van der Waals surface area contributed by atoms with Gasteiger partial charge in [0.05, 0.1) is 5.25 Å². The molecule has 29 heavy (non-hydrogen) atoms. The molecule has 2 aromatic carbocycles. The first-order valence-electron chi connectivity index (χ1n) is 9.60. The molecule has 1 unspecified atom stereocenters. The smallest absolute Gasteiger partial charge is 0.191 e. The van der Waals surface area contributed by atoms with Crippen molar-refractivity contribution in [1.29, 1.82) is 0 Å². The number of nitrogens with zero attached hydrogens (tertiary/aromatic N) is 3. The van der Waals surface area contributed by atoms with Crippen LogP contribution in [0.1, 0.15) is 40.7 Å². The van der Waals surface area contributed by atoms with Crippen molar-refractivity contribution < 1.29 is 9.53 Å². The average Bonchev–Trinajstić information content (AvgIpc) is 3.33. The van der Waals surface area contributed by atoms with Crippen molar-refractivity contribution >= 4 is 29.1 Å². The summed E-state index contributed by atoms with van der Waals surface area (Å²) in [5.41, 5.74) is 3.47. The number of carbonyl (C=O) groups excluding carboxylic acids is 1. The molecule has 5 nitrogen and oxygen atoms in total. The maximum absolute atomic E-state index is 12.9. The quantitative estimate of drug-likeness (QED) is 0.396. The molecule has 0 amide bonds. The number of hydrogen-bond acceptors (Lipinski definition) is 5. The number of aromatic nitrogens is 3. The number of aryl methyl sites for hydroxylation is 2. The predicted octanol–water partition coefficient (Wildman–Crippen LogP) is 4.90. The molecular weight excluding hydrogens is 406 g/mol. The Kier molecular flexibility index (Phi) is 5.92. The highest BCUT2D eigenvalue weighted by Gasteiger charge is 2.22. The number of halogens is 1. The first-order valence-corrected chi connectivity index (χ1v) is 10.9. The molecule has 0 saturated heterocycles. The number of thioether (sulfide) groups is 1. The highest BCUT2D eigenvalue weighted by molar-refractivity contribution is 8.00. The van der Waals surface area contributed by atoms with Crippen LogP contribution < -0.4 is 4.74 Å². The van der Waals surface area contributed by atoms with E-state index in [4.69, 9.17) is 16.3 Å². The Morgan fingerprint density at radius 1 is 1.17 bits per heavy atom. The molecule has 1 heterocycles. The Hall–Kier alpha value is -2.31. The summed E-state index contributed by atoms with van der Waals surface area (Å²) in [6, 6.07) is 13.3. The van der Waals surface area contributed by atoms with Gasteiger partial charge in [0.15, 0.2) is 16.8 Å². The van der Waals surface area contributed by atoms with E-state index >= 15 is 0 Å². The van der Waals surface area contributed by atoms with Gasteiger partial charge in [0.25, 0.3) is 0 Å². The first-order chi connectivity index (χ1) is 14.0. The summed E-state index contributed by atoms with van der Waals surface area (Å²) in [7, 11) is 1.88. The van der Waals surface area contributed by atoms with E-state index in [1.807, 2.05) is 36.7 Å². The molecule has 0 bridgehead atoms. The SMILES string of the molecule is CC(Sc1nnc(COc2ccc(Cl)cc2)n1C)C(=O)c1ccc2c(c1)CCC2. The third kappa shape index (κ3) is 4.49. The third-order valence-corrected chi connectivity index (χ3v) is 6.53. The minimum atomic E-state index is -0.248. The zero-order chi connectivity index (χ0) is 20.4. The summed E-state index contributed by atoms with van der Waals surface area (Å²) in [6.45, 7) is 2.21. The summed E-state index contributed by atoms with van der Waals surface area (Å²) < 4.78 is 7.62. The van der Waals surface area contributed by atoms with Crippen molar-refractivity contribution in [2.75, 3.05) is 0 Å². The molecule has 1 aromatic heterocycles. The molecule has 1 aliphatic carbocycles. The van der Waals surface area contributed by atoms with Crippen LogP contribution >= 0.6 is 23.4 Å². The summed E-state index contributed by atoms with van der Waals surface area (Å²) >= 11 is 7.31. The third-order valence-electron chi connectivity index (χ3n) is 5.14. The highest BCUT2D eigenvalue weighted by Crippen LogP contribution is 2.28. The summed E-state index contributed by atoms with van der Waals surface area (Å²) in [6.07, 6.45) is 3.36. The fourth-order valence-electron chi connectivity index (χ4n) is 3.42. The average molecular weight is 428 g/mol. The Bertz CT molecular complexity index is 1030. The molecule has 150 valence electrons. The fourth-order valence-corrected chi connectivity index (χ4v) is 4.46. The molecule has 7 heteroatoms. The van der Waals surface area contributed by atoms with Crippen LogP contribution in [-0.2, 0) is 26.5 Å². The second-order valence-electron chi connectivity index (χ2n) is 7.16. The molecule has 1 atom stereocenters. The van der Waals surface area contributed by atoms with Crippen LogP contribution in [0.5, 0.6) is 5.75 Å². The van der Waals surface area contributed by atoms with Crippen LogP contribution in [0.15, 0.2) is 47.6 Å². The van der Waals surface area contributed by atoms with Crippen LogP contribution in [0, 0.1) is 0 Å². The van der Waals surface area contributed by atoms with Gasteiger partial charge >= 0.3 is 0 Å². The van der Waals surface area contributed by atoms with E-state index in [2.05, 4.69) is 22.3 Å². The Morgan fingerprint density at radius 2 is 1.93 bits per heavy atom. The molecule has 0 saturated carbocycles. The van der Waals surface area contributed by atoms with Gasteiger partial charge in [0.2, 0.25) is 0 Å². The number of carbonyl (C=O) groups is 1. The number of hydrogen-bond donors (Lipinski definition) is 0. The van der Waals surface area contributed by atoms with E-state index in [1.54, 1.807) is 12.1 Å². The number of ketones is 1. The van der Waals surface area contributed by atoms with Crippen molar-refractivity contribution in [3.05, 3.63) is 70.0 Å². The van der Waals surface area contributed by atoms with Crippen molar-refractivity contribution in [2.45, 2.75) is 43.2 Å². The number of fused-ring (bicyclic) bond motifs is 1. The van der Waals surface area contributed by atoms with Crippen molar-refractivity contribution in [2.24, 2.45) is 7.05 Å². The normalized spacial score (nSPS) is 13.9. The molecule has 0 N–H and O–H groups in total. The van der Waals surface area contributed by atoms with Crippen molar-refractivity contribution in [3.63, 3.8) is 0 Å². The molecular formula is C22H22ClN3O2S. The van der Waals surface area contributed by atoms with E-state index in [1.165, 1.54) is 29.3 Å². The monoisotopic (exact) mass is 427 g/mol. The van der Waals surface area contributed by atoms with Crippen LogP contribution in [0.25, 0.3) is 0 Å². The molecule has 1 aliphatic rings. The molecule has 3 aromatic rings. The lowest BCUT2D eigenvalue weighted by molar-refractivity contribution is 0.0993. The lowest BCUT2D eigenvalue weighted by Crippen LogP contribution is -2.15. The van der Waals surface area contributed by atoms with Gasteiger partial charge in [-0.25, -0.2) is 0 Å². The van der Waals surface area contributed by atoms with Gasteiger partial charge < -0.3 is 9.30 Å². The van der Waals surface area contributed by atoms with Crippen LogP contribution in [-0.4, -0.2) is 25.8 Å². The second-order valence-corrected chi connectivity index (χ2v) is 8.91. The number of benzene rings is 2.